The summed E-state index contributed by atoms with van der Waals surface area (Å²) in [6.45, 7) is 8.05. The largest absolute Gasteiger partial charge is 0.551 e. The maximum atomic E-state index is 10.0. The molecule has 0 aliphatic heterocycles. The van der Waals surface area contributed by atoms with Crippen molar-refractivity contribution in [2.45, 2.75) is 27.7 Å². The average molecular weight is 869 g/mol. The van der Waals surface area contributed by atoms with Gasteiger partial charge in [-0.3, -0.25) is 4.79 Å². The molecule has 0 saturated heterocycles. The summed E-state index contributed by atoms with van der Waals surface area (Å²) in [6.07, 6.45) is 1.17. The van der Waals surface area contributed by atoms with Gasteiger partial charge in [0.15, 0.2) is 5.78 Å². The van der Waals surface area contributed by atoms with Crippen molar-refractivity contribution < 1.29 is 39.5 Å². The molecule has 265 valence electrons. The van der Waals surface area contributed by atoms with Crippen LogP contribution in [0.4, 0.5) is 0 Å². The van der Waals surface area contributed by atoms with E-state index in [1.165, 1.54) is 19.9 Å². The molecule has 0 amide bonds. The molecule has 2 heterocycles. The molecule has 0 fully saturated rings. The van der Waals surface area contributed by atoms with Crippen LogP contribution in [-0.4, -0.2) is 54.1 Å². The number of rotatable bonds is 7. The molecule has 0 spiro atoms. The van der Waals surface area contributed by atoms with Gasteiger partial charge in [-0.15, -0.1) is 24.3 Å². The summed E-state index contributed by atoms with van der Waals surface area (Å²) < 4.78 is 11.4. The number of nitrogens with zero attached hydrogens (tertiary/aromatic N) is 6. The van der Waals surface area contributed by atoms with E-state index < -0.39 is 0 Å². The van der Waals surface area contributed by atoms with Crippen LogP contribution in [0.1, 0.15) is 27.7 Å². The minimum atomic E-state index is -0.125. The van der Waals surface area contributed by atoms with Crippen molar-refractivity contribution in [1.82, 2.24) is 30.0 Å². The van der Waals surface area contributed by atoms with Crippen LogP contribution in [-0.2, 0) is 24.9 Å². The third kappa shape index (κ3) is 8.51. The molecule has 8 rings (SSSR count). The Morgan fingerprint density at radius 3 is 1.23 bits per heavy atom. The molecule has 0 aliphatic rings. The van der Waals surface area contributed by atoms with Crippen LogP contribution in [0.25, 0.3) is 55.0 Å². The zero-order chi connectivity index (χ0) is 35.7. The normalized spacial score (nSPS) is 11.0. The van der Waals surface area contributed by atoms with E-state index in [0.29, 0.717) is 13.2 Å². The van der Waals surface area contributed by atoms with Gasteiger partial charge in [0.2, 0.25) is 0 Å². The molecule has 8 aromatic rings. The summed E-state index contributed by atoms with van der Waals surface area (Å²) in [6, 6.07) is 42.0. The maximum Gasteiger partial charge on any atom is 0.155 e. The van der Waals surface area contributed by atoms with E-state index in [1.54, 1.807) is 9.59 Å². The Hall–Kier alpha value is -5.90. The number of aromatic nitrogens is 6. The van der Waals surface area contributed by atoms with Gasteiger partial charge in [-0.1, -0.05) is 82.2 Å². The van der Waals surface area contributed by atoms with Crippen molar-refractivity contribution in [3.63, 3.8) is 0 Å². The third-order valence-corrected chi connectivity index (χ3v) is 7.56. The van der Waals surface area contributed by atoms with Crippen molar-refractivity contribution in [2.24, 2.45) is 0 Å². The summed E-state index contributed by atoms with van der Waals surface area (Å²) in [5.41, 5.74) is 5.14. The molecule has 1 N–H and O–H groups in total. The number of hydrogen-bond donors (Lipinski definition) is 1. The van der Waals surface area contributed by atoms with Gasteiger partial charge in [0.1, 0.15) is 22.1 Å². The second-order valence-corrected chi connectivity index (χ2v) is 11.3. The average Bonchev–Trinajstić information content (AvgIpc) is 3.77. The molecule has 0 atom stereocenters. The van der Waals surface area contributed by atoms with E-state index in [-0.39, 0.29) is 31.6 Å². The number of aliphatic hydroxyl groups excluding tert-OH is 1. The number of allylic oxidation sites excluding steroid dienone is 2. The van der Waals surface area contributed by atoms with Crippen LogP contribution >= 0.6 is 0 Å². The number of hydrogen-bond acceptors (Lipinski definition) is 8. The van der Waals surface area contributed by atoms with Gasteiger partial charge in [-0.2, -0.15) is 42.1 Å². The molecular formula is C41H36IrN6O4-2. The van der Waals surface area contributed by atoms with Crippen molar-refractivity contribution in [3.8, 4) is 22.9 Å². The Bertz CT molecular complexity index is 2260. The van der Waals surface area contributed by atoms with E-state index in [2.05, 4.69) is 32.5 Å². The molecular weight excluding hydrogens is 833 g/mol. The van der Waals surface area contributed by atoms with Gasteiger partial charge in [0, 0.05) is 37.7 Å². The van der Waals surface area contributed by atoms with E-state index in [0.717, 1.165) is 66.5 Å². The SMILES string of the molecule is CC(=O)/C=C(/C)O.CCOc1c[c-]c(-n2nc3ccccc3n2)c2ccccc12.CCOc1c[c-]c(-n2nc3ccccc3n2)c2ccccc12.[Ir]. The number of benzene rings is 6. The minimum Gasteiger partial charge on any atom is -0.551 e. The molecule has 52 heavy (non-hydrogen) atoms. The summed E-state index contributed by atoms with van der Waals surface area (Å²) in [4.78, 5) is 13.3. The fraction of sp³-hybridized carbons (Fsp3) is 0.146. The summed E-state index contributed by atoms with van der Waals surface area (Å²) in [7, 11) is 0. The van der Waals surface area contributed by atoms with Crippen LogP contribution < -0.4 is 9.47 Å². The predicted molar refractivity (Wildman–Crippen MR) is 200 cm³/mol. The first-order chi connectivity index (χ1) is 24.9. The Morgan fingerprint density at radius 1 is 0.615 bits per heavy atom. The van der Waals surface area contributed by atoms with Gasteiger partial charge in [-0.25, -0.2) is 0 Å². The smallest absolute Gasteiger partial charge is 0.155 e. The first-order valence-corrected chi connectivity index (χ1v) is 16.5. The van der Waals surface area contributed by atoms with Gasteiger partial charge in [-0.05, 0) is 63.3 Å². The second kappa shape index (κ2) is 17.4. The molecule has 6 aromatic carbocycles. The molecule has 11 heteroatoms. The van der Waals surface area contributed by atoms with Crippen LogP contribution in [0.2, 0.25) is 0 Å². The number of carbonyl (C=O) groups excluding carboxylic acids is 1. The Kier molecular flexibility index (Phi) is 12.5. The van der Waals surface area contributed by atoms with Crippen LogP contribution in [0, 0.1) is 12.1 Å². The Labute approximate surface area is 314 Å². The van der Waals surface area contributed by atoms with Crippen molar-refractivity contribution in [2.75, 3.05) is 13.2 Å². The van der Waals surface area contributed by atoms with E-state index >= 15 is 0 Å². The van der Waals surface area contributed by atoms with Crippen LogP contribution in [0.15, 0.2) is 121 Å². The van der Waals surface area contributed by atoms with Gasteiger partial charge in [0.25, 0.3) is 0 Å². The first-order valence-electron chi connectivity index (χ1n) is 16.5. The van der Waals surface area contributed by atoms with Crippen molar-refractivity contribution in [1.29, 1.82) is 0 Å². The van der Waals surface area contributed by atoms with E-state index in [1.807, 2.05) is 123 Å². The number of carbonyl (C=O) groups is 1. The fourth-order valence-corrected chi connectivity index (χ4v) is 5.48. The summed E-state index contributed by atoms with van der Waals surface area (Å²) >= 11 is 0. The Balaban J connectivity index is 0.000000168. The number of ketones is 1. The fourth-order valence-electron chi connectivity index (χ4n) is 5.48. The van der Waals surface area contributed by atoms with Crippen molar-refractivity contribution in [3.05, 3.63) is 133 Å². The summed E-state index contributed by atoms with van der Waals surface area (Å²) in [5, 5.41) is 30.7. The van der Waals surface area contributed by atoms with Gasteiger partial charge >= 0.3 is 0 Å². The number of aliphatic hydroxyl groups is 1. The first kappa shape index (κ1) is 37.4. The van der Waals surface area contributed by atoms with E-state index in [4.69, 9.17) is 14.6 Å². The molecule has 0 saturated carbocycles. The summed E-state index contributed by atoms with van der Waals surface area (Å²) in [5.74, 6) is 1.60. The quantitative estimate of drug-likeness (QED) is 0.0963. The van der Waals surface area contributed by atoms with Gasteiger partial charge < -0.3 is 14.6 Å². The predicted octanol–water partition coefficient (Wildman–Crippen LogP) is 8.58. The topological polar surface area (TPSA) is 117 Å². The van der Waals surface area contributed by atoms with Crippen LogP contribution in [0.5, 0.6) is 11.5 Å². The maximum absolute atomic E-state index is 10.0. The van der Waals surface area contributed by atoms with E-state index in [9.17, 15) is 4.79 Å². The number of fused-ring (bicyclic) bond motifs is 4. The zero-order valence-corrected chi connectivity index (χ0v) is 31.5. The molecule has 0 unspecified atom stereocenters. The Morgan fingerprint density at radius 2 is 0.942 bits per heavy atom. The molecule has 2 aromatic heterocycles. The zero-order valence-electron chi connectivity index (χ0n) is 29.1. The van der Waals surface area contributed by atoms with Crippen molar-refractivity contribution >= 4 is 49.4 Å². The minimum absolute atomic E-state index is 0. The molecule has 10 nitrogen and oxygen atoms in total. The molecule has 0 aliphatic carbocycles. The molecule has 0 bridgehead atoms. The monoisotopic (exact) mass is 869 g/mol. The van der Waals surface area contributed by atoms with Crippen LogP contribution in [0.3, 0.4) is 0 Å². The second-order valence-electron chi connectivity index (χ2n) is 11.3. The number of ether oxygens (including phenoxy) is 2. The molecule has 1 radical (unpaired) electrons. The standard InChI is InChI=1S/2C18H14N3O.C5H8O2.Ir/c2*1-2-22-18-12-11-17(13-7-3-4-8-14(13)18)21-19-15-9-5-6-10-16(15)20-21;1-4(6)3-5(2)7;/h2*3-10,12H,2H2,1H3;3,6H,1-2H3;/q2*-1;;/b;;4-3-;. The third-order valence-electron chi connectivity index (χ3n) is 7.56. The van der Waals surface area contributed by atoms with Gasteiger partial charge in [0.05, 0.1) is 19.0 Å².